The molecule has 1 aliphatic rings. The fourth-order valence-electron chi connectivity index (χ4n) is 3.28. The van der Waals surface area contributed by atoms with Gasteiger partial charge in [-0.3, -0.25) is 9.59 Å². The minimum Gasteiger partial charge on any atom is -0.496 e. The number of anilines is 1. The Kier molecular flexibility index (Phi) is 5.39. The third-order valence-electron chi connectivity index (χ3n) is 4.65. The van der Waals surface area contributed by atoms with Crippen LogP contribution in [0.5, 0.6) is 5.75 Å². The first kappa shape index (κ1) is 18.8. The molecule has 0 spiro atoms. The van der Waals surface area contributed by atoms with Crippen molar-refractivity contribution in [3.8, 4) is 5.75 Å². The Morgan fingerprint density at radius 1 is 1.26 bits per heavy atom. The monoisotopic (exact) mass is 374 g/mol. The number of hydrogen-bond donors (Lipinski definition) is 0. The van der Waals surface area contributed by atoms with Gasteiger partial charge in [0.05, 0.1) is 18.7 Å². The van der Waals surface area contributed by atoms with Crippen LogP contribution in [0.2, 0.25) is 0 Å². The lowest BCUT2D eigenvalue weighted by Crippen LogP contribution is -2.34. The molecule has 5 nitrogen and oxygen atoms in total. The van der Waals surface area contributed by atoms with Crippen molar-refractivity contribution in [3.05, 3.63) is 59.7 Å². The summed E-state index contributed by atoms with van der Waals surface area (Å²) in [5.74, 6) is -2.01. The number of benzene rings is 2. The molecule has 0 bridgehead atoms. The van der Waals surface area contributed by atoms with Gasteiger partial charge in [0, 0.05) is 38.2 Å². The van der Waals surface area contributed by atoms with Crippen molar-refractivity contribution in [2.75, 3.05) is 25.6 Å². The number of halogens is 2. The van der Waals surface area contributed by atoms with Crippen LogP contribution < -0.4 is 9.64 Å². The molecule has 3 rings (SSSR count). The standard InChI is InChI=1S/C20H20F2N2O3/c1-23(11-13-5-3-4-6-18(13)27-2)20(26)14-9-19(25)24(12-14)17-8-7-15(21)10-16(17)22/h3-8,10,14H,9,11-12H2,1-2H3. The van der Waals surface area contributed by atoms with Crippen molar-refractivity contribution >= 4 is 17.5 Å². The summed E-state index contributed by atoms with van der Waals surface area (Å²) in [4.78, 5) is 27.8. The summed E-state index contributed by atoms with van der Waals surface area (Å²) in [6.07, 6.45) is -0.00802. The van der Waals surface area contributed by atoms with Crippen LogP contribution in [0.1, 0.15) is 12.0 Å². The van der Waals surface area contributed by atoms with Crippen molar-refractivity contribution < 1.29 is 23.1 Å². The summed E-state index contributed by atoms with van der Waals surface area (Å²) in [7, 11) is 3.21. The number of hydrogen-bond acceptors (Lipinski definition) is 3. The zero-order valence-corrected chi connectivity index (χ0v) is 15.1. The van der Waals surface area contributed by atoms with E-state index in [-0.39, 0.29) is 30.5 Å². The van der Waals surface area contributed by atoms with Gasteiger partial charge in [0.25, 0.3) is 0 Å². The molecule has 2 aromatic carbocycles. The van der Waals surface area contributed by atoms with Crippen LogP contribution in [-0.2, 0) is 16.1 Å². The van der Waals surface area contributed by atoms with Crippen molar-refractivity contribution in [2.45, 2.75) is 13.0 Å². The molecule has 1 aliphatic heterocycles. The number of carbonyl (C=O) groups is 2. The van der Waals surface area contributed by atoms with E-state index in [0.29, 0.717) is 12.3 Å². The first-order chi connectivity index (χ1) is 12.9. The SMILES string of the molecule is COc1ccccc1CN(C)C(=O)C1CC(=O)N(c2ccc(F)cc2F)C1. The highest BCUT2D eigenvalue weighted by Gasteiger charge is 2.37. The summed E-state index contributed by atoms with van der Waals surface area (Å²) < 4.78 is 32.4. The Bertz CT molecular complexity index is 872. The van der Waals surface area contributed by atoms with E-state index in [0.717, 1.165) is 17.7 Å². The van der Waals surface area contributed by atoms with Gasteiger partial charge >= 0.3 is 0 Å². The van der Waals surface area contributed by atoms with Gasteiger partial charge in [0.1, 0.15) is 17.4 Å². The van der Waals surface area contributed by atoms with Gasteiger partial charge in [-0.25, -0.2) is 8.78 Å². The van der Waals surface area contributed by atoms with E-state index in [2.05, 4.69) is 0 Å². The zero-order chi connectivity index (χ0) is 19.6. The third kappa shape index (κ3) is 3.92. The Morgan fingerprint density at radius 2 is 2.00 bits per heavy atom. The zero-order valence-electron chi connectivity index (χ0n) is 15.1. The molecule has 2 aromatic rings. The van der Waals surface area contributed by atoms with E-state index in [4.69, 9.17) is 4.74 Å². The predicted molar refractivity (Wildman–Crippen MR) is 96.3 cm³/mol. The van der Waals surface area contributed by atoms with E-state index >= 15 is 0 Å². The normalized spacial score (nSPS) is 16.5. The Morgan fingerprint density at radius 3 is 2.70 bits per heavy atom. The van der Waals surface area contributed by atoms with Gasteiger partial charge < -0.3 is 14.5 Å². The maximum Gasteiger partial charge on any atom is 0.228 e. The fraction of sp³-hybridized carbons (Fsp3) is 0.300. The largest absolute Gasteiger partial charge is 0.496 e. The van der Waals surface area contributed by atoms with Gasteiger partial charge in [-0.15, -0.1) is 0 Å². The minimum absolute atomic E-state index is 0.00802. The second-order valence-corrected chi connectivity index (χ2v) is 6.51. The number of carbonyl (C=O) groups excluding carboxylic acids is 2. The number of methoxy groups -OCH3 is 1. The van der Waals surface area contributed by atoms with E-state index in [1.54, 1.807) is 14.2 Å². The Labute approximate surface area is 156 Å². The van der Waals surface area contributed by atoms with E-state index in [1.807, 2.05) is 24.3 Å². The summed E-state index contributed by atoms with van der Waals surface area (Å²) in [5, 5.41) is 0. The molecular formula is C20H20F2N2O3. The quantitative estimate of drug-likeness (QED) is 0.809. The van der Waals surface area contributed by atoms with Gasteiger partial charge in [0.2, 0.25) is 11.8 Å². The summed E-state index contributed by atoms with van der Waals surface area (Å²) in [6, 6.07) is 10.4. The summed E-state index contributed by atoms with van der Waals surface area (Å²) in [6.45, 7) is 0.398. The van der Waals surface area contributed by atoms with Crippen LogP contribution in [0.4, 0.5) is 14.5 Å². The molecule has 1 heterocycles. The van der Waals surface area contributed by atoms with Crippen molar-refractivity contribution in [1.29, 1.82) is 0 Å². The molecule has 142 valence electrons. The van der Waals surface area contributed by atoms with Crippen LogP contribution in [0.25, 0.3) is 0 Å². The molecule has 1 saturated heterocycles. The first-order valence-electron chi connectivity index (χ1n) is 8.53. The lowest BCUT2D eigenvalue weighted by Gasteiger charge is -2.22. The highest BCUT2D eigenvalue weighted by Crippen LogP contribution is 2.29. The molecule has 1 atom stereocenters. The number of ether oxygens (including phenoxy) is 1. The van der Waals surface area contributed by atoms with Gasteiger partial charge in [-0.05, 0) is 18.2 Å². The topological polar surface area (TPSA) is 49.9 Å². The molecular weight excluding hydrogens is 354 g/mol. The van der Waals surface area contributed by atoms with Crippen LogP contribution in [0.15, 0.2) is 42.5 Å². The average Bonchev–Trinajstić information content (AvgIpc) is 3.03. The van der Waals surface area contributed by atoms with Gasteiger partial charge in [0.15, 0.2) is 0 Å². The first-order valence-corrected chi connectivity index (χ1v) is 8.53. The maximum atomic E-state index is 14.0. The van der Waals surface area contributed by atoms with E-state index in [9.17, 15) is 18.4 Å². The van der Waals surface area contributed by atoms with E-state index < -0.39 is 17.6 Å². The Balaban J connectivity index is 1.71. The van der Waals surface area contributed by atoms with Gasteiger partial charge in [-0.1, -0.05) is 18.2 Å². The number of amides is 2. The highest BCUT2D eigenvalue weighted by molar-refractivity contribution is 6.00. The molecule has 0 aliphatic carbocycles. The van der Waals surface area contributed by atoms with Crippen LogP contribution in [0.3, 0.4) is 0 Å². The molecule has 0 radical (unpaired) electrons. The van der Waals surface area contributed by atoms with E-state index in [1.165, 1.54) is 15.9 Å². The number of rotatable bonds is 5. The third-order valence-corrected chi connectivity index (χ3v) is 4.65. The van der Waals surface area contributed by atoms with Crippen molar-refractivity contribution in [2.24, 2.45) is 5.92 Å². The maximum absolute atomic E-state index is 14.0. The van der Waals surface area contributed by atoms with Gasteiger partial charge in [-0.2, -0.15) is 0 Å². The summed E-state index contributed by atoms with van der Waals surface area (Å²) in [5.41, 5.74) is 0.839. The van der Waals surface area contributed by atoms with Crippen LogP contribution >= 0.6 is 0 Å². The molecule has 2 amide bonds. The molecule has 7 heteroatoms. The van der Waals surface area contributed by atoms with Crippen molar-refractivity contribution in [1.82, 2.24) is 4.90 Å². The smallest absolute Gasteiger partial charge is 0.228 e. The predicted octanol–water partition coefficient (Wildman–Crippen LogP) is 2.98. The molecule has 0 saturated carbocycles. The highest BCUT2D eigenvalue weighted by atomic mass is 19.1. The number of nitrogens with zero attached hydrogens (tertiary/aromatic N) is 2. The molecule has 27 heavy (non-hydrogen) atoms. The Hall–Kier alpha value is -2.96. The molecule has 1 unspecified atom stereocenters. The number of para-hydroxylation sites is 1. The lowest BCUT2D eigenvalue weighted by atomic mass is 10.1. The lowest BCUT2D eigenvalue weighted by molar-refractivity contribution is -0.135. The second kappa shape index (κ2) is 7.73. The molecule has 0 N–H and O–H groups in total. The minimum atomic E-state index is -0.821. The molecule has 1 fully saturated rings. The second-order valence-electron chi connectivity index (χ2n) is 6.51. The summed E-state index contributed by atoms with van der Waals surface area (Å²) >= 11 is 0. The van der Waals surface area contributed by atoms with Crippen LogP contribution in [0, 0.1) is 17.6 Å². The fourth-order valence-corrected chi connectivity index (χ4v) is 3.28. The van der Waals surface area contributed by atoms with Crippen LogP contribution in [-0.4, -0.2) is 37.4 Å². The average molecular weight is 374 g/mol. The van der Waals surface area contributed by atoms with Crippen molar-refractivity contribution in [3.63, 3.8) is 0 Å². The molecule has 0 aromatic heterocycles.